The number of benzene rings is 1. The molecule has 1 aromatic rings. The summed E-state index contributed by atoms with van der Waals surface area (Å²) in [6, 6.07) is 4.57. The Bertz CT molecular complexity index is 671. The maximum absolute atomic E-state index is 10.8. The molecule has 1 saturated carbocycles. The number of ether oxygens (including phenoxy) is 1. The van der Waals surface area contributed by atoms with Crippen LogP contribution in [0.25, 0.3) is 0 Å². The zero-order chi connectivity index (χ0) is 25.5. The van der Waals surface area contributed by atoms with Gasteiger partial charge in [0.1, 0.15) is 5.75 Å². The first kappa shape index (κ1) is 29.2. The molecule has 2 heteroatoms. The number of hydrogen-bond acceptors (Lipinski definition) is 2. The van der Waals surface area contributed by atoms with Crippen molar-refractivity contribution in [3.63, 3.8) is 0 Å². The molecule has 2 unspecified atom stereocenters. The molecule has 2 fully saturated rings. The standard InChI is InChI=1S/C21H34O.C11H22O/c1-14-8-10-15(11-9-14)16-12-17(20(2,3)4)19(22)18(13-16)21(5,6)7;1-3-5-10-7-8-11(6-4-2)12-9-10/h12-15,22H,8-11H2,1-7H3;10-11H,3-9H2,1-2H3. The molecule has 1 heterocycles. The van der Waals surface area contributed by atoms with Gasteiger partial charge in [-0.05, 0) is 83.8 Å². The topological polar surface area (TPSA) is 29.5 Å². The van der Waals surface area contributed by atoms with Gasteiger partial charge in [-0.15, -0.1) is 0 Å². The third-order valence-electron chi connectivity index (χ3n) is 8.01. The van der Waals surface area contributed by atoms with Crippen LogP contribution in [-0.2, 0) is 15.6 Å². The molecule has 1 aliphatic carbocycles. The van der Waals surface area contributed by atoms with Crippen LogP contribution in [0.4, 0.5) is 0 Å². The van der Waals surface area contributed by atoms with Crippen LogP contribution in [0.5, 0.6) is 5.75 Å². The van der Waals surface area contributed by atoms with E-state index in [1.807, 2.05) is 0 Å². The lowest BCUT2D eigenvalue weighted by Gasteiger charge is -2.32. The first-order chi connectivity index (χ1) is 15.9. The van der Waals surface area contributed by atoms with Gasteiger partial charge in [0.15, 0.2) is 0 Å². The van der Waals surface area contributed by atoms with Gasteiger partial charge >= 0.3 is 0 Å². The number of hydrogen-bond donors (Lipinski definition) is 1. The van der Waals surface area contributed by atoms with E-state index in [2.05, 4.69) is 74.4 Å². The molecular weight excluding hydrogens is 416 g/mol. The van der Waals surface area contributed by atoms with Crippen LogP contribution in [0, 0.1) is 11.8 Å². The molecule has 1 aromatic carbocycles. The van der Waals surface area contributed by atoms with E-state index in [9.17, 15) is 5.11 Å². The maximum atomic E-state index is 10.8. The zero-order valence-electron chi connectivity index (χ0n) is 24.1. The van der Waals surface area contributed by atoms with Crippen molar-refractivity contribution in [3.8, 4) is 5.75 Å². The zero-order valence-corrected chi connectivity index (χ0v) is 24.1. The molecule has 1 N–H and O–H groups in total. The highest BCUT2D eigenvalue weighted by molar-refractivity contribution is 5.50. The minimum Gasteiger partial charge on any atom is -0.507 e. The largest absolute Gasteiger partial charge is 0.507 e. The molecule has 34 heavy (non-hydrogen) atoms. The summed E-state index contributed by atoms with van der Waals surface area (Å²) in [6.07, 6.45) is 13.7. The molecule has 196 valence electrons. The molecule has 0 aromatic heterocycles. The molecular formula is C32H56O2. The SMILES string of the molecule is CC1CCC(c2cc(C(C)(C)C)c(O)c(C(C)(C)C)c2)CC1.CCCC1CCC(CCC)OC1. The monoisotopic (exact) mass is 472 g/mol. The number of phenols is 1. The minimum atomic E-state index is -0.0257. The fraction of sp³-hybridized carbons (Fsp3) is 0.812. The molecule has 0 amide bonds. The summed E-state index contributed by atoms with van der Waals surface area (Å²) < 4.78 is 5.78. The van der Waals surface area contributed by atoms with Crippen molar-refractivity contribution in [2.45, 2.75) is 149 Å². The van der Waals surface area contributed by atoms with Crippen molar-refractivity contribution < 1.29 is 9.84 Å². The van der Waals surface area contributed by atoms with Gasteiger partial charge in [0, 0.05) is 6.61 Å². The van der Waals surface area contributed by atoms with Gasteiger partial charge in [0.25, 0.3) is 0 Å². The fourth-order valence-corrected chi connectivity index (χ4v) is 5.68. The quantitative estimate of drug-likeness (QED) is 0.462. The Hall–Kier alpha value is -1.02. The molecule has 2 atom stereocenters. The highest BCUT2D eigenvalue weighted by atomic mass is 16.5. The Balaban J connectivity index is 0.000000287. The van der Waals surface area contributed by atoms with E-state index in [1.165, 1.54) is 69.8 Å². The van der Waals surface area contributed by atoms with Crippen molar-refractivity contribution >= 4 is 0 Å². The van der Waals surface area contributed by atoms with Gasteiger partial charge in [-0.2, -0.15) is 0 Å². The van der Waals surface area contributed by atoms with Gasteiger partial charge < -0.3 is 9.84 Å². The van der Waals surface area contributed by atoms with Crippen molar-refractivity contribution in [1.29, 1.82) is 0 Å². The van der Waals surface area contributed by atoms with Crippen molar-refractivity contribution in [2.75, 3.05) is 6.61 Å². The van der Waals surface area contributed by atoms with Crippen LogP contribution in [0.15, 0.2) is 12.1 Å². The van der Waals surface area contributed by atoms with Crippen LogP contribution in [0.2, 0.25) is 0 Å². The van der Waals surface area contributed by atoms with E-state index in [4.69, 9.17) is 4.74 Å². The average Bonchev–Trinajstić information content (AvgIpc) is 2.75. The number of rotatable bonds is 5. The number of phenolic OH excluding ortho intramolecular Hbond substituents is 1. The highest BCUT2D eigenvalue weighted by Crippen LogP contribution is 2.44. The second-order valence-electron chi connectivity index (χ2n) is 13.4. The van der Waals surface area contributed by atoms with E-state index < -0.39 is 0 Å². The Kier molecular flexibility index (Phi) is 11.0. The third-order valence-corrected chi connectivity index (χ3v) is 8.01. The van der Waals surface area contributed by atoms with Gasteiger partial charge in [0.2, 0.25) is 0 Å². The van der Waals surface area contributed by atoms with Crippen molar-refractivity contribution in [3.05, 3.63) is 28.8 Å². The van der Waals surface area contributed by atoms with Crippen molar-refractivity contribution in [2.24, 2.45) is 11.8 Å². The molecule has 1 saturated heterocycles. The molecule has 0 spiro atoms. The summed E-state index contributed by atoms with van der Waals surface area (Å²) in [6.45, 7) is 21.1. The minimum absolute atomic E-state index is 0.0257. The Morgan fingerprint density at radius 3 is 1.74 bits per heavy atom. The van der Waals surface area contributed by atoms with Crippen LogP contribution in [0.3, 0.4) is 0 Å². The Morgan fingerprint density at radius 1 is 0.794 bits per heavy atom. The Labute approximate surface area is 212 Å². The summed E-state index contributed by atoms with van der Waals surface area (Å²) >= 11 is 0. The van der Waals surface area contributed by atoms with E-state index in [-0.39, 0.29) is 10.8 Å². The summed E-state index contributed by atoms with van der Waals surface area (Å²) in [5.41, 5.74) is 3.60. The van der Waals surface area contributed by atoms with E-state index in [0.717, 1.165) is 29.6 Å². The van der Waals surface area contributed by atoms with Crippen LogP contribution in [-0.4, -0.2) is 17.8 Å². The van der Waals surface area contributed by atoms with Crippen LogP contribution in [0.1, 0.15) is 149 Å². The Morgan fingerprint density at radius 2 is 1.32 bits per heavy atom. The summed E-state index contributed by atoms with van der Waals surface area (Å²) in [4.78, 5) is 0. The van der Waals surface area contributed by atoms with E-state index >= 15 is 0 Å². The molecule has 0 bridgehead atoms. The summed E-state index contributed by atoms with van der Waals surface area (Å²) in [5.74, 6) is 2.91. The van der Waals surface area contributed by atoms with Gasteiger partial charge in [-0.3, -0.25) is 0 Å². The maximum Gasteiger partial charge on any atom is 0.123 e. The average molecular weight is 473 g/mol. The third kappa shape index (κ3) is 8.58. The molecule has 2 aliphatic rings. The molecule has 2 nitrogen and oxygen atoms in total. The van der Waals surface area contributed by atoms with Crippen molar-refractivity contribution in [1.82, 2.24) is 0 Å². The van der Waals surface area contributed by atoms with Gasteiger partial charge in [-0.1, -0.05) is 100 Å². The molecule has 3 rings (SSSR count). The lowest BCUT2D eigenvalue weighted by molar-refractivity contribution is -0.0220. The molecule has 1 aliphatic heterocycles. The predicted molar refractivity (Wildman–Crippen MR) is 148 cm³/mol. The van der Waals surface area contributed by atoms with Crippen LogP contribution >= 0.6 is 0 Å². The first-order valence-electron chi connectivity index (χ1n) is 14.4. The summed E-state index contributed by atoms with van der Waals surface area (Å²) in [7, 11) is 0. The fourth-order valence-electron chi connectivity index (χ4n) is 5.68. The van der Waals surface area contributed by atoms with E-state index in [1.54, 1.807) is 0 Å². The highest BCUT2D eigenvalue weighted by Gasteiger charge is 2.29. The van der Waals surface area contributed by atoms with Gasteiger partial charge in [0.05, 0.1) is 6.10 Å². The lowest BCUT2D eigenvalue weighted by Crippen LogP contribution is -2.25. The number of aromatic hydroxyl groups is 1. The molecule has 0 radical (unpaired) electrons. The van der Waals surface area contributed by atoms with E-state index in [0.29, 0.717) is 17.8 Å². The van der Waals surface area contributed by atoms with Crippen LogP contribution < -0.4 is 0 Å². The second-order valence-corrected chi connectivity index (χ2v) is 13.4. The smallest absolute Gasteiger partial charge is 0.123 e. The lowest BCUT2D eigenvalue weighted by atomic mass is 9.74. The predicted octanol–water partition coefficient (Wildman–Crippen LogP) is 9.66. The second kappa shape index (κ2) is 12.8. The normalized spacial score (nSPS) is 26.0. The summed E-state index contributed by atoms with van der Waals surface area (Å²) in [5, 5.41) is 10.8. The van der Waals surface area contributed by atoms with Gasteiger partial charge in [-0.25, -0.2) is 0 Å². The first-order valence-corrected chi connectivity index (χ1v) is 14.4.